The van der Waals surface area contributed by atoms with Gasteiger partial charge in [0.05, 0.1) is 18.7 Å². The summed E-state index contributed by atoms with van der Waals surface area (Å²) in [5.74, 6) is 0.864. The van der Waals surface area contributed by atoms with Crippen LogP contribution in [0.2, 0.25) is 0 Å². The SMILES string of the molecule is COc1cccc(CN(Cc2ccc(C#N)cc2)Cc2ccc(CN)cc2)c1. The van der Waals surface area contributed by atoms with Gasteiger partial charge in [-0.2, -0.15) is 5.26 Å². The topological polar surface area (TPSA) is 62.3 Å². The number of nitrogens with zero attached hydrogens (tertiary/aromatic N) is 2. The Morgan fingerprint density at radius 1 is 0.821 bits per heavy atom. The average molecular weight is 371 g/mol. The molecule has 0 aromatic heterocycles. The lowest BCUT2D eigenvalue weighted by Gasteiger charge is -2.23. The molecule has 0 aliphatic carbocycles. The first-order chi connectivity index (χ1) is 13.7. The van der Waals surface area contributed by atoms with Gasteiger partial charge in [-0.3, -0.25) is 4.90 Å². The molecule has 142 valence electrons. The van der Waals surface area contributed by atoms with Crippen LogP contribution in [-0.2, 0) is 26.2 Å². The van der Waals surface area contributed by atoms with Crippen molar-refractivity contribution in [3.05, 3.63) is 101 Å². The van der Waals surface area contributed by atoms with Crippen LogP contribution in [0.15, 0.2) is 72.8 Å². The average Bonchev–Trinajstić information content (AvgIpc) is 2.75. The van der Waals surface area contributed by atoms with Gasteiger partial charge in [-0.1, -0.05) is 48.5 Å². The zero-order valence-corrected chi connectivity index (χ0v) is 16.1. The normalized spacial score (nSPS) is 10.6. The molecule has 0 heterocycles. The van der Waals surface area contributed by atoms with E-state index in [9.17, 15) is 0 Å². The lowest BCUT2D eigenvalue weighted by molar-refractivity contribution is 0.247. The first-order valence-corrected chi connectivity index (χ1v) is 9.32. The first kappa shape index (κ1) is 19.6. The molecule has 28 heavy (non-hydrogen) atoms. The molecule has 0 aliphatic heterocycles. The van der Waals surface area contributed by atoms with Crippen molar-refractivity contribution in [2.24, 2.45) is 5.73 Å². The molecule has 4 nitrogen and oxygen atoms in total. The molecule has 0 atom stereocenters. The van der Waals surface area contributed by atoms with Gasteiger partial charge in [-0.25, -0.2) is 0 Å². The van der Waals surface area contributed by atoms with Crippen LogP contribution in [0.3, 0.4) is 0 Å². The van der Waals surface area contributed by atoms with E-state index in [0.29, 0.717) is 12.1 Å². The van der Waals surface area contributed by atoms with E-state index >= 15 is 0 Å². The highest BCUT2D eigenvalue weighted by Gasteiger charge is 2.10. The number of methoxy groups -OCH3 is 1. The number of hydrogen-bond acceptors (Lipinski definition) is 4. The Morgan fingerprint density at radius 3 is 1.96 bits per heavy atom. The molecule has 0 radical (unpaired) electrons. The molecule has 2 N–H and O–H groups in total. The maximum absolute atomic E-state index is 9.01. The van der Waals surface area contributed by atoms with Gasteiger partial charge in [0.1, 0.15) is 5.75 Å². The Labute approximate surface area is 166 Å². The molecule has 3 aromatic carbocycles. The molecule has 0 amide bonds. The van der Waals surface area contributed by atoms with Crippen LogP contribution in [0, 0.1) is 11.3 Å². The smallest absolute Gasteiger partial charge is 0.119 e. The Hall–Kier alpha value is -3.13. The van der Waals surface area contributed by atoms with Crippen molar-refractivity contribution in [1.29, 1.82) is 5.26 Å². The highest BCUT2D eigenvalue weighted by atomic mass is 16.5. The second kappa shape index (κ2) is 9.70. The van der Waals surface area contributed by atoms with Crippen LogP contribution in [-0.4, -0.2) is 12.0 Å². The van der Waals surface area contributed by atoms with Crippen molar-refractivity contribution in [3.63, 3.8) is 0 Å². The third-order valence-electron chi connectivity index (χ3n) is 4.69. The van der Waals surface area contributed by atoms with Crippen LogP contribution in [0.25, 0.3) is 0 Å². The quantitative estimate of drug-likeness (QED) is 0.644. The predicted molar refractivity (Wildman–Crippen MR) is 111 cm³/mol. The van der Waals surface area contributed by atoms with Crippen molar-refractivity contribution in [3.8, 4) is 11.8 Å². The van der Waals surface area contributed by atoms with Crippen LogP contribution in [0.4, 0.5) is 0 Å². The summed E-state index contributed by atoms with van der Waals surface area (Å²) in [5, 5.41) is 9.01. The molecule has 0 unspecified atom stereocenters. The third kappa shape index (κ3) is 5.43. The Morgan fingerprint density at radius 2 is 1.39 bits per heavy atom. The molecule has 0 fully saturated rings. The second-order valence-corrected chi connectivity index (χ2v) is 6.83. The molecular weight excluding hydrogens is 346 g/mol. The van der Waals surface area contributed by atoms with Crippen LogP contribution in [0.5, 0.6) is 5.75 Å². The summed E-state index contributed by atoms with van der Waals surface area (Å²) in [4.78, 5) is 2.38. The highest BCUT2D eigenvalue weighted by molar-refractivity contribution is 5.32. The van der Waals surface area contributed by atoms with Crippen molar-refractivity contribution in [2.75, 3.05) is 7.11 Å². The van der Waals surface area contributed by atoms with E-state index in [4.69, 9.17) is 15.7 Å². The monoisotopic (exact) mass is 371 g/mol. The molecule has 3 aromatic rings. The minimum absolute atomic E-state index is 0.555. The summed E-state index contributed by atoms with van der Waals surface area (Å²) in [6.07, 6.45) is 0. The summed E-state index contributed by atoms with van der Waals surface area (Å²) < 4.78 is 5.36. The summed E-state index contributed by atoms with van der Waals surface area (Å²) in [6.45, 7) is 2.97. The number of nitrogens with two attached hydrogens (primary N) is 1. The largest absolute Gasteiger partial charge is 0.497 e. The fraction of sp³-hybridized carbons (Fsp3) is 0.208. The zero-order chi connectivity index (χ0) is 19.8. The maximum Gasteiger partial charge on any atom is 0.119 e. The van der Waals surface area contributed by atoms with E-state index in [0.717, 1.165) is 30.9 Å². The number of rotatable bonds is 8. The number of benzene rings is 3. The van der Waals surface area contributed by atoms with E-state index in [1.165, 1.54) is 16.7 Å². The van der Waals surface area contributed by atoms with Gasteiger partial charge < -0.3 is 10.5 Å². The summed E-state index contributed by atoms with van der Waals surface area (Å²) >= 11 is 0. The number of ether oxygens (including phenoxy) is 1. The fourth-order valence-corrected chi connectivity index (χ4v) is 3.18. The highest BCUT2D eigenvalue weighted by Crippen LogP contribution is 2.18. The van der Waals surface area contributed by atoms with Crippen molar-refractivity contribution in [2.45, 2.75) is 26.2 Å². The Kier molecular flexibility index (Phi) is 6.80. The molecule has 4 heteroatoms. The second-order valence-electron chi connectivity index (χ2n) is 6.83. The van der Waals surface area contributed by atoms with Crippen LogP contribution in [0.1, 0.15) is 27.8 Å². The lowest BCUT2D eigenvalue weighted by Crippen LogP contribution is -2.22. The zero-order valence-electron chi connectivity index (χ0n) is 16.1. The van der Waals surface area contributed by atoms with Gasteiger partial charge in [-0.15, -0.1) is 0 Å². The molecule has 0 spiro atoms. The van der Waals surface area contributed by atoms with Crippen molar-refractivity contribution < 1.29 is 4.74 Å². The molecule has 3 rings (SSSR count). The van der Waals surface area contributed by atoms with Crippen molar-refractivity contribution in [1.82, 2.24) is 4.90 Å². The van der Waals surface area contributed by atoms with E-state index in [1.54, 1.807) is 7.11 Å². The molecule has 0 saturated heterocycles. The van der Waals surface area contributed by atoms with E-state index in [2.05, 4.69) is 47.4 Å². The van der Waals surface area contributed by atoms with Gasteiger partial charge in [0, 0.05) is 26.2 Å². The lowest BCUT2D eigenvalue weighted by atomic mass is 10.1. The van der Waals surface area contributed by atoms with Crippen molar-refractivity contribution >= 4 is 0 Å². The van der Waals surface area contributed by atoms with Gasteiger partial charge in [0.2, 0.25) is 0 Å². The van der Waals surface area contributed by atoms with Gasteiger partial charge in [0.15, 0.2) is 0 Å². The van der Waals surface area contributed by atoms with Gasteiger partial charge >= 0.3 is 0 Å². The standard InChI is InChI=1S/C24H25N3O/c1-28-24-4-2-3-23(13-24)18-27(16-21-9-5-19(14-25)6-10-21)17-22-11-7-20(15-26)8-12-22/h2-13H,14,16-18,25H2,1H3. The summed E-state index contributed by atoms with van der Waals surface area (Å²) in [5.41, 5.74) is 11.2. The minimum atomic E-state index is 0.555. The summed E-state index contributed by atoms with van der Waals surface area (Å²) in [6, 6.07) is 26.6. The van der Waals surface area contributed by atoms with Crippen LogP contribution >= 0.6 is 0 Å². The number of nitriles is 1. The number of hydrogen-bond donors (Lipinski definition) is 1. The third-order valence-corrected chi connectivity index (χ3v) is 4.69. The van der Waals surface area contributed by atoms with E-state index < -0.39 is 0 Å². The van der Waals surface area contributed by atoms with E-state index in [1.807, 2.05) is 36.4 Å². The molecule has 0 bridgehead atoms. The fourth-order valence-electron chi connectivity index (χ4n) is 3.18. The van der Waals surface area contributed by atoms with E-state index in [-0.39, 0.29) is 0 Å². The predicted octanol–water partition coefficient (Wildman–Crippen LogP) is 4.23. The minimum Gasteiger partial charge on any atom is -0.497 e. The van der Waals surface area contributed by atoms with Gasteiger partial charge in [0.25, 0.3) is 0 Å². The molecular formula is C24H25N3O. The van der Waals surface area contributed by atoms with Gasteiger partial charge in [-0.05, 0) is 46.5 Å². The Bertz CT molecular complexity index is 927. The molecule has 0 aliphatic rings. The Balaban J connectivity index is 1.79. The summed E-state index contributed by atoms with van der Waals surface area (Å²) in [7, 11) is 1.69. The maximum atomic E-state index is 9.01. The first-order valence-electron chi connectivity index (χ1n) is 9.32. The van der Waals surface area contributed by atoms with Crippen LogP contribution < -0.4 is 10.5 Å². The molecule has 0 saturated carbocycles.